The van der Waals surface area contributed by atoms with Gasteiger partial charge in [-0.2, -0.15) is 0 Å². The van der Waals surface area contributed by atoms with Crippen molar-refractivity contribution in [2.24, 2.45) is 0 Å². The maximum Gasteiger partial charge on any atom is 0.255 e. The van der Waals surface area contributed by atoms with Crippen molar-refractivity contribution < 1.29 is 17.0 Å². The lowest BCUT2D eigenvalue weighted by molar-refractivity contribution is -0.704. The summed E-state index contributed by atoms with van der Waals surface area (Å²) < 4.78 is 4.82. The van der Waals surface area contributed by atoms with Crippen molar-refractivity contribution in [1.29, 1.82) is 0 Å². The van der Waals surface area contributed by atoms with E-state index < -0.39 is 0 Å². The predicted molar refractivity (Wildman–Crippen MR) is 121 cm³/mol. The first-order valence-electron chi connectivity index (χ1n) is 10.1. The number of nitrogen functional groups attached to an aromatic ring is 1. The molecule has 1 aliphatic heterocycles. The minimum Gasteiger partial charge on any atom is -1.00 e. The van der Waals surface area contributed by atoms with Gasteiger partial charge in [0.1, 0.15) is 6.54 Å². The normalized spacial score (nSPS) is 14.7. The van der Waals surface area contributed by atoms with Crippen molar-refractivity contribution >= 4 is 29.6 Å². The molecule has 1 aromatic carbocycles. The average Bonchev–Trinajstić information content (AvgIpc) is 2.82. The van der Waals surface area contributed by atoms with Gasteiger partial charge in [0.15, 0.2) is 5.69 Å². The lowest BCUT2D eigenvalue weighted by atomic mass is 10.2. The van der Waals surface area contributed by atoms with Crippen LogP contribution < -0.4 is 32.9 Å². The summed E-state index contributed by atoms with van der Waals surface area (Å²) in [5.41, 5.74) is 9.26. The van der Waals surface area contributed by atoms with Crippen LogP contribution in [0.1, 0.15) is 24.9 Å². The molecule has 164 valence electrons. The van der Waals surface area contributed by atoms with Crippen LogP contribution in [0, 0.1) is 13.8 Å². The summed E-state index contributed by atoms with van der Waals surface area (Å²) in [6.07, 6.45) is 1.20. The van der Waals surface area contributed by atoms with Gasteiger partial charge in [-0.3, -0.25) is 4.90 Å². The van der Waals surface area contributed by atoms with Crippen LogP contribution in [0.4, 0.5) is 17.2 Å². The molecule has 2 heterocycles. The van der Waals surface area contributed by atoms with Gasteiger partial charge in [0.25, 0.3) is 5.82 Å². The highest BCUT2D eigenvalue weighted by Gasteiger charge is 2.24. The molecule has 0 saturated carbocycles. The largest absolute Gasteiger partial charge is 1.00 e. The van der Waals surface area contributed by atoms with E-state index in [1.165, 1.54) is 29.4 Å². The molecule has 0 radical (unpaired) electrons. The Morgan fingerprint density at radius 2 is 1.72 bits per heavy atom. The Morgan fingerprint density at radius 3 is 2.34 bits per heavy atom. The number of hydrogen-bond donors (Lipinski definition) is 2. The van der Waals surface area contributed by atoms with Gasteiger partial charge in [-0.25, -0.2) is 9.13 Å². The van der Waals surface area contributed by atoms with Crippen LogP contribution in [-0.2, 0) is 13.1 Å². The third kappa shape index (κ3) is 5.71. The van der Waals surface area contributed by atoms with Gasteiger partial charge >= 0.3 is 0 Å². The smallest absolute Gasteiger partial charge is 0.255 e. The second-order valence-electron chi connectivity index (χ2n) is 7.40. The van der Waals surface area contributed by atoms with Gasteiger partial charge in [0.05, 0.1) is 6.54 Å². The number of anilines is 3. The summed E-state index contributed by atoms with van der Waals surface area (Å²) in [6.45, 7) is 14.2. The van der Waals surface area contributed by atoms with Crippen LogP contribution in [0.5, 0.6) is 0 Å². The highest BCUT2D eigenvalue weighted by molar-refractivity contribution is 5.85. The molecule has 1 fully saturated rings. The maximum atomic E-state index is 5.83. The van der Waals surface area contributed by atoms with E-state index in [0.717, 1.165) is 51.5 Å². The van der Waals surface area contributed by atoms with Gasteiger partial charge in [-0.05, 0) is 37.6 Å². The predicted octanol–water partition coefficient (Wildman–Crippen LogP) is -0.326. The van der Waals surface area contributed by atoms with Crippen LogP contribution >= 0.6 is 12.4 Å². The number of nitrogens with zero attached hydrogens (tertiary/aromatic N) is 4. The van der Waals surface area contributed by atoms with E-state index in [9.17, 15) is 0 Å². The molecule has 0 aliphatic carbocycles. The second kappa shape index (κ2) is 11.5. The third-order valence-electron chi connectivity index (χ3n) is 5.84. The quantitative estimate of drug-likeness (QED) is 0.475. The third-order valence-corrected chi connectivity index (χ3v) is 5.84. The van der Waals surface area contributed by atoms with E-state index in [0.29, 0.717) is 0 Å². The molecule has 0 spiro atoms. The van der Waals surface area contributed by atoms with Gasteiger partial charge in [-0.1, -0.05) is 0 Å². The Balaban J connectivity index is 0.00000210. The topological polar surface area (TPSA) is 53.3 Å². The number of nitrogens with one attached hydrogen (secondary N) is 1. The number of benzene rings is 1. The van der Waals surface area contributed by atoms with E-state index in [-0.39, 0.29) is 24.8 Å². The SMILES string of the molecule is CC[n+]1c(C)c(NC)n(CCN2CCCN(c3ccc(N)cc3)CC2)c1C.Cl.[Cl-]. The first-order chi connectivity index (χ1) is 13.0. The maximum absolute atomic E-state index is 5.83. The summed E-state index contributed by atoms with van der Waals surface area (Å²) in [4.78, 5) is 5.08. The van der Waals surface area contributed by atoms with Crippen molar-refractivity contribution in [3.63, 3.8) is 0 Å². The molecule has 6 nitrogen and oxygen atoms in total. The van der Waals surface area contributed by atoms with Crippen LogP contribution in [0.3, 0.4) is 0 Å². The molecule has 1 aliphatic rings. The average molecular weight is 443 g/mol. The van der Waals surface area contributed by atoms with E-state index >= 15 is 0 Å². The minimum atomic E-state index is 0. The van der Waals surface area contributed by atoms with Crippen LogP contribution in [0.25, 0.3) is 0 Å². The van der Waals surface area contributed by atoms with Crippen LogP contribution in [-0.4, -0.2) is 49.2 Å². The summed E-state index contributed by atoms with van der Waals surface area (Å²) in [7, 11) is 2.02. The van der Waals surface area contributed by atoms with Gasteiger partial charge in [0, 0.05) is 65.0 Å². The van der Waals surface area contributed by atoms with Gasteiger partial charge in [0.2, 0.25) is 5.82 Å². The fourth-order valence-corrected chi connectivity index (χ4v) is 4.31. The molecular weight excluding hydrogens is 407 g/mol. The summed E-state index contributed by atoms with van der Waals surface area (Å²) in [5.74, 6) is 2.57. The highest BCUT2D eigenvalue weighted by atomic mass is 35.5. The number of halogens is 2. The summed E-state index contributed by atoms with van der Waals surface area (Å²) in [5, 5.41) is 3.40. The fraction of sp³-hybridized carbons (Fsp3) is 0.571. The molecular formula is C21H36Cl2N6. The Morgan fingerprint density at radius 1 is 1.03 bits per heavy atom. The van der Waals surface area contributed by atoms with Gasteiger partial charge in [-0.15, -0.1) is 12.4 Å². The zero-order chi connectivity index (χ0) is 19.4. The molecule has 0 amide bonds. The molecule has 1 saturated heterocycles. The van der Waals surface area contributed by atoms with Crippen molar-refractivity contribution in [3.8, 4) is 0 Å². The highest BCUT2D eigenvalue weighted by Crippen LogP contribution is 2.19. The number of nitrogens with two attached hydrogens (primary N) is 1. The number of imidazole rings is 1. The second-order valence-corrected chi connectivity index (χ2v) is 7.40. The Labute approximate surface area is 187 Å². The monoisotopic (exact) mass is 442 g/mol. The van der Waals surface area contributed by atoms with Crippen LogP contribution in [0.2, 0.25) is 0 Å². The summed E-state index contributed by atoms with van der Waals surface area (Å²) in [6, 6.07) is 8.27. The standard InChI is InChI=1S/C21H35N6.2ClH/c1-5-26-17(2)21(23-4)27(18(26)3)16-14-24-11-6-12-25(15-13-24)20-9-7-19(22)8-10-20;;/h7-10,23H,5-6,11-16,22H2,1-4H3;2*1H/q+1;;/p-1. The van der Waals surface area contributed by atoms with E-state index in [2.05, 4.69) is 57.2 Å². The molecule has 0 bridgehead atoms. The molecule has 3 rings (SSSR count). The number of hydrogen-bond acceptors (Lipinski definition) is 4. The minimum absolute atomic E-state index is 0. The lowest BCUT2D eigenvalue weighted by Crippen LogP contribution is -3.00. The van der Waals surface area contributed by atoms with Gasteiger partial charge < -0.3 is 28.4 Å². The molecule has 0 unspecified atom stereocenters. The number of aromatic nitrogens is 2. The van der Waals surface area contributed by atoms with Crippen molar-refractivity contribution in [2.75, 3.05) is 55.7 Å². The first kappa shape index (κ1) is 25.4. The molecule has 0 atom stereocenters. The summed E-state index contributed by atoms with van der Waals surface area (Å²) >= 11 is 0. The molecule has 29 heavy (non-hydrogen) atoms. The van der Waals surface area contributed by atoms with Crippen molar-refractivity contribution in [1.82, 2.24) is 9.47 Å². The Hall–Kier alpha value is -1.63. The van der Waals surface area contributed by atoms with E-state index in [1.807, 2.05) is 19.2 Å². The Bertz CT molecular complexity index is 760. The van der Waals surface area contributed by atoms with Crippen molar-refractivity contribution in [3.05, 3.63) is 35.8 Å². The lowest BCUT2D eigenvalue weighted by Gasteiger charge is -2.23. The number of rotatable bonds is 6. The molecule has 2 aromatic rings. The zero-order valence-corrected chi connectivity index (χ0v) is 19.7. The van der Waals surface area contributed by atoms with E-state index in [1.54, 1.807) is 0 Å². The first-order valence-corrected chi connectivity index (χ1v) is 10.1. The Kier molecular flexibility index (Phi) is 10.1. The van der Waals surface area contributed by atoms with Crippen molar-refractivity contribution in [2.45, 2.75) is 40.3 Å². The fourth-order valence-electron chi connectivity index (χ4n) is 4.31. The molecule has 8 heteroatoms. The van der Waals surface area contributed by atoms with Crippen LogP contribution in [0.15, 0.2) is 24.3 Å². The molecule has 3 N–H and O–H groups in total. The molecule has 1 aromatic heterocycles. The van der Waals surface area contributed by atoms with E-state index in [4.69, 9.17) is 5.73 Å². The zero-order valence-electron chi connectivity index (χ0n) is 18.1.